The Bertz CT molecular complexity index is 1010. The number of benzene rings is 2. The van der Waals surface area contributed by atoms with Gasteiger partial charge in [-0.3, -0.25) is 0 Å². The van der Waals surface area contributed by atoms with Gasteiger partial charge >= 0.3 is 0 Å². The summed E-state index contributed by atoms with van der Waals surface area (Å²) in [4.78, 5) is 10.5. The van der Waals surface area contributed by atoms with Gasteiger partial charge in [-0.25, -0.2) is 23.1 Å². The number of nitrogens with two attached hydrogens (primary N) is 1. The van der Waals surface area contributed by atoms with Crippen molar-refractivity contribution in [3.8, 4) is 11.3 Å². The van der Waals surface area contributed by atoms with Crippen LogP contribution in [0.25, 0.3) is 11.3 Å². The van der Waals surface area contributed by atoms with Gasteiger partial charge in [-0.15, -0.1) is 0 Å². The fourth-order valence-electron chi connectivity index (χ4n) is 3.47. The Kier molecular flexibility index (Phi) is 4.95. The second kappa shape index (κ2) is 7.41. The van der Waals surface area contributed by atoms with Crippen molar-refractivity contribution in [1.82, 2.24) is 9.97 Å². The van der Waals surface area contributed by atoms with Gasteiger partial charge in [-0.2, -0.15) is 0 Å². The molecular weight excluding hydrogens is 389 g/mol. The van der Waals surface area contributed by atoms with Crippen molar-refractivity contribution in [2.24, 2.45) is 5.73 Å². The van der Waals surface area contributed by atoms with E-state index in [-0.39, 0.29) is 5.56 Å². The van der Waals surface area contributed by atoms with Crippen LogP contribution >= 0.6 is 11.6 Å². The summed E-state index contributed by atoms with van der Waals surface area (Å²) in [5, 5.41) is 0.625. The average Bonchev–Trinajstić information content (AvgIpc) is 3.07. The third kappa shape index (κ3) is 3.55. The van der Waals surface area contributed by atoms with E-state index < -0.39 is 29.4 Å². The first-order valence-corrected chi connectivity index (χ1v) is 9.03. The summed E-state index contributed by atoms with van der Waals surface area (Å²) in [6.45, 7) is 0.737. The highest BCUT2D eigenvalue weighted by Crippen LogP contribution is 2.32. The Morgan fingerprint density at radius 2 is 1.64 bits per heavy atom. The number of aromatic nitrogens is 2. The van der Waals surface area contributed by atoms with E-state index in [0.29, 0.717) is 35.7 Å². The highest BCUT2D eigenvalue weighted by Gasteiger charge is 2.34. The maximum Gasteiger partial charge on any atom is 0.161 e. The molecule has 0 bridgehead atoms. The van der Waals surface area contributed by atoms with Gasteiger partial charge in [0.2, 0.25) is 0 Å². The number of hydrogen-bond donors (Lipinski definition) is 1. The van der Waals surface area contributed by atoms with E-state index in [4.69, 9.17) is 17.3 Å². The maximum absolute atomic E-state index is 14.2. The highest BCUT2D eigenvalue weighted by atomic mass is 35.5. The standard InChI is InChI=1S/C20H16ClF3N4/c21-12-3-1-11(2-4-12)19-7-20(27-10-26-19)28-8-14(18(25)9-28)13-5-16(23)17(24)6-15(13)22/h1-7,10,14,18H,8-9,25H2/t14-,18+/m1/s1. The van der Waals surface area contributed by atoms with Crippen molar-refractivity contribution in [3.63, 3.8) is 0 Å². The first kappa shape index (κ1) is 18.7. The van der Waals surface area contributed by atoms with Crippen molar-refractivity contribution in [2.45, 2.75) is 12.0 Å². The van der Waals surface area contributed by atoms with Gasteiger partial charge in [0.05, 0.1) is 5.69 Å². The second-order valence-electron chi connectivity index (χ2n) is 6.73. The molecule has 8 heteroatoms. The Hall–Kier alpha value is -2.64. The SMILES string of the molecule is N[C@H]1CN(c2cc(-c3ccc(Cl)cc3)ncn2)C[C@@H]1c1cc(F)c(F)cc1F. The van der Waals surface area contributed by atoms with E-state index in [9.17, 15) is 13.2 Å². The lowest BCUT2D eigenvalue weighted by atomic mass is 9.94. The van der Waals surface area contributed by atoms with Gasteiger partial charge in [-0.05, 0) is 23.8 Å². The van der Waals surface area contributed by atoms with Crippen molar-refractivity contribution < 1.29 is 13.2 Å². The Labute approximate surface area is 164 Å². The summed E-state index contributed by atoms with van der Waals surface area (Å²) in [7, 11) is 0. The zero-order valence-corrected chi connectivity index (χ0v) is 15.4. The average molecular weight is 405 g/mol. The molecule has 1 saturated heterocycles. The first-order valence-electron chi connectivity index (χ1n) is 8.65. The molecule has 1 fully saturated rings. The van der Waals surface area contributed by atoms with Gasteiger partial charge < -0.3 is 10.6 Å². The third-order valence-electron chi connectivity index (χ3n) is 4.92. The van der Waals surface area contributed by atoms with Crippen LogP contribution < -0.4 is 10.6 Å². The minimum Gasteiger partial charge on any atom is -0.354 e. The molecule has 0 unspecified atom stereocenters. The van der Waals surface area contributed by atoms with Gasteiger partial charge in [0, 0.05) is 47.8 Å². The molecule has 0 spiro atoms. The van der Waals surface area contributed by atoms with E-state index in [0.717, 1.165) is 11.6 Å². The molecule has 144 valence electrons. The monoisotopic (exact) mass is 404 g/mol. The predicted molar refractivity (Wildman–Crippen MR) is 102 cm³/mol. The minimum atomic E-state index is -1.21. The second-order valence-corrected chi connectivity index (χ2v) is 7.17. The summed E-state index contributed by atoms with van der Waals surface area (Å²) in [6.07, 6.45) is 1.44. The fraction of sp³-hybridized carbons (Fsp3) is 0.200. The third-order valence-corrected chi connectivity index (χ3v) is 5.17. The molecule has 2 aromatic carbocycles. The highest BCUT2D eigenvalue weighted by molar-refractivity contribution is 6.30. The molecule has 4 rings (SSSR count). The van der Waals surface area contributed by atoms with Crippen LogP contribution in [0, 0.1) is 17.5 Å². The van der Waals surface area contributed by atoms with E-state index >= 15 is 0 Å². The molecule has 1 aliphatic heterocycles. The molecule has 28 heavy (non-hydrogen) atoms. The molecule has 3 aromatic rings. The van der Waals surface area contributed by atoms with Gasteiger partial charge in [0.1, 0.15) is 18.0 Å². The number of nitrogens with zero attached hydrogens (tertiary/aromatic N) is 3. The summed E-state index contributed by atoms with van der Waals surface area (Å²) in [5.41, 5.74) is 7.83. The molecule has 1 aromatic heterocycles. The molecule has 4 nitrogen and oxygen atoms in total. The number of halogens is 4. The van der Waals surface area contributed by atoms with Gasteiger partial charge in [0.25, 0.3) is 0 Å². The van der Waals surface area contributed by atoms with Crippen LogP contribution in [0.3, 0.4) is 0 Å². The molecule has 2 atom stereocenters. The maximum atomic E-state index is 14.2. The smallest absolute Gasteiger partial charge is 0.161 e. The van der Waals surface area contributed by atoms with E-state index in [1.165, 1.54) is 6.33 Å². The van der Waals surface area contributed by atoms with Crippen LogP contribution in [0.1, 0.15) is 11.5 Å². The largest absolute Gasteiger partial charge is 0.354 e. The minimum absolute atomic E-state index is 0.0703. The van der Waals surface area contributed by atoms with Crippen LogP contribution in [0.5, 0.6) is 0 Å². The van der Waals surface area contributed by atoms with Crippen molar-refractivity contribution in [2.75, 3.05) is 18.0 Å². The normalized spacial score (nSPS) is 19.2. The van der Waals surface area contributed by atoms with E-state index in [2.05, 4.69) is 9.97 Å². The topological polar surface area (TPSA) is 55.0 Å². The van der Waals surface area contributed by atoms with E-state index in [1.54, 1.807) is 18.2 Å². The molecule has 1 aliphatic rings. The summed E-state index contributed by atoms with van der Waals surface area (Å²) in [6, 6.07) is 10.0. The van der Waals surface area contributed by atoms with Gasteiger partial charge in [0.15, 0.2) is 11.6 Å². The van der Waals surface area contributed by atoms with Crippen LogP contribution in [0.2, 0.25) is 5.02 Å². The molecule has 2 heterocycles. The zero-order valence-electron chi connectivity index (χ0n) is 14.6. The molecule has 0 saturated carbocycles. The molecule has 2 N–H and O–H groups in total. The molecule has 0 amide bonds. The fourth-order valence-corrected chi connectivity index (χ4v) is 3.59. The zero-order chi connectivity index (χ0) is 19.8. The van der Waals surface area contributed by atoms with E-state index in [1.807, 2.05) is 17.0 Å². The molecule has 0 radical (unpaired) electrons. The van der Waals surface area contributed by atoms with Crippen molar-refractivity contribution >= 4 is 17.4 Å². The predicted octanol–water partition coefficient (Wildman–Crippen LogP) is 4.15. The lowest BCUT2D eigenvalue weighted by Gasteiger charge is -2.18. The quantitative estimate of drug-likeness (QED) is 0.666. The Morgan fingerprint density at radius 1 is 0.929 bits per heavy atom. The summed E-state index contributed by atoms with van der Waals surface area (Å²) >= 11 is 5.92. The lowest BCUT2D eigenvalue weighted by Crippen LogP contribution is -2.29. The number of anilines is 1. The Morgan fingerprint density at radius 3 is 2.39 bits per heavy atom. The summed E-state index contributed by atoms with van der Waals surface area (Å²) < 4.78 is 41.0. The lowest BCUT2D eigenvalue weighted by molar-refractivity contribution is 0.482. The van der Waals surface area contributed by atoms with Crippen LogP contribution in [-0.2, 0) is 0 Å². The summed E-state index contributed by atoms with van der Waals surface area (Å²) in [5.74, 6) is -2.96. The van der Waals surface area contributed by atoms with Gasteiger partial charge in [-0.1, -0.05) is 23.7 Å². The van der Waals surface area contributed by atoms with Crippen molar-refractivity contribution in [3.05, 3.63) is 76.8 Å². The molecular formula is C20H16ClF3N4. The van der Waals surface area contributed by atoms with Crippen LogP contribution in [0.15, 0.2) is 48.8 Å². The Balaban J connectivity index is 1.61. The van der Waals surface area contributed by atoms with Crippen LogP contribution in [0.4, 0.5) is 19.0 Å². The molecule has 0 aliphatic carbocycles. The van der Waals surface area contributed by atoms with Crippen molar-refractivity contribution in [1.29, 1.82) is 0 Å². The number of hydrogen-bond acceptors (Lipinski definition) is 4. The number of rotatable bonds is 3. The first-order chi connectivity index (χ1) is 13.4. The van der Waals surface area contributed by atoms with Crippen LogP contribution in [-0.4, -0.2) is 29.1 Å².